The zero-order chi connectivity index (χ0) is 17.1. The van der Waals surface area contributed by atoms with Gasteiger partial charge >= 0.3 is 0 Å². The number of amides is 1. The Morgan fingerprint density at radius 1 is 1.26 bits per heavy atom. The van der Waals surface area contributed by atoms with Crippen molar-refractivity contribution >= 4 is 52.6 Å². The summed E-state index contributed by atoms with van der Waals surface area (Å²) in [6, 6.07) is 2.88. The number of benzene rings is 1. The maximum Gasteiger partial charge on any atom is 0.291 e. The number of anilines is 1. The SMILES string of the molecule is Nc1c(Cl)c(Cl)nc(C(=O)NN=Cc2ccc(F)cc2F)c1Cl. The van der Waals surface area contributed by atoms with E-state index in [1.165, 1.54) is 0 Å². The van der Waals surface area contributed by atoms with Crippen molar-refractivity contribution in [2.45, 2.75) is 0 Å². The van der Waals surface area contributed by atoms with E-state index in [0.717, 1.165) is 18.3 Å². The van der Waals surface area contributed by atoms with Gasteiger partial charge in [0.1, 0.15) is 16.7 Å². The molecule has 0 fully saturated rings. The summed E-state index contributed by atoms with van der Waals surface area (Å²) < 4.78 is 26.1. The lowest BCUT2D eigenvalue weighted by atomic mass is 10.2. The molecule has 3 N–H and O–H groups in total. The molecule has 0 aliphatic carbocycles. The summed E-state index contributed by atoms with van der Waals surface area (Å²) in [5, 5.41) is 3.05. The smallest absolute Gasteiger partial charge is 0.291 e. The highest BCUT2D eigenvalue weighted by molar-refractivity contribution is 6.46. The molecule has 2 aromatic rings. The average Bonchev–Trinajstić information content (AvgIpc) is 2.50. The number of hydrogen-bond donors (Lipinski definition) is 2. The number of carbonyl (C=O) groups is 1. The van der Waals surface area contributed by atoms with E-state index in [1.54, 1.807) is 0 Å². The van der Waals surface area contributed by atoms with Crippen LogP contribution >= 0.6 is 34.8 Å². The molecule has 0 bridgehead atoms. The third-order valence-electron chi connectivity index (χ3n) is 2.62. The lowest BCUT2D eigenvalue weighted by molar-refractivity contribution is 0.0950. The van der Waals surface area contributed by atoms with Crippen LogP contribution in [0.2, 0.25) is 15.2 Å². The molecule has 2 rings (SSSR count). The highest BCUT2D eigenvalue weighted by Crippen LogP contribution is 2.34. The predicted octanol–water partition coefficient (Wildman–Crippen LogP) is 3.67. The number of pyridine rings is 1. The Hall–Kier alpha value is -1.96. The number of carbonyl (C=O) groups excluding carboxylic acids is 1. The molecule has 0 aliphatic heterocycles. The molecule has 0 aliphatic rings. The molecule has 5 nitrogen and oxygen atoms in total. The zero-order valence-corrected chi connectivity index (χ0v) is 13.3. The van der Waals surface area contributed by atoms with E-state index in [-0.39, 0.29) is 32.1 Å². The molecule has 0 saturated heterocycles. The normalized spacial score (nSPS) is 11.0. The topological polar surface area (TPSA) is 80.4 Å². The molecular weight excluding hydrogens is 373 g/mol. The monoisotopic (exact) mass is 378 g/mol. The lowest BCUT2D eigenvalue weighted by Crippen LogP contribution is -2.20. The minimum atomic E-state index is -0.835. The van der Waals surface area contributed by atoms with Gasteiger partial charge in [0.2, 0.25) is 0 Å². The van der Waals surface area contributed by atoms with Gasteiger partial charge in [0, 0.05) is 11.6 Å². The number of nitrogens with two attached hydrogens (primary N) is 1. The van der Waals surface area contributed by atoms with Crippen molar-refractivity contribution in [2.24, 2.45) is 5.10 Å². The van der Waals surface area contributed by atoms with Crippen LogP contribution in [0.3, 0.4) is 0 Å². The first-order chi connectivity index (χ1) is 10.8. The van der Waals surface area contributed by atoms with Gasteiger partial charge in [-0.3, -0.25) is 4.79 Å². The number of nitrogens with zero attached hydrogens (tertiary/aromatic N) is 2. The second kappa shape index (κ2) is 7.08. The van der Waals surface area contributed by atoms with Gasteiger partial charge in [-0.25, -0.2) is 19.2 Å². The van der Waals surface area contributed by atoms with Crippen molar-refractivity contribution in [3.05, 3.63) is 56.3 Å². The van der Waals surface area contributed by atoms with Gasteiger partial charge in [0.05, 0.1) is 16.9 Å². The maximum atomic E-state index is 13.4. The van der Waals surface area contributed by atoms with E-state index in [1.807, 2.05) is 0 Å². The first-order valence-corrected chi connectivity index (χ1v) is 7.03. The van der Waals surface area contributed by atoms with Gasteiger partial charge in [-0.2, -0.15) is 5.10 Å². The summed E-state index contributed by atoms with van der Waals surface area (Å²) in [7, 11) is 0. The maximum absolute atomic E-state index is 13.4. The molecule has 0 saturated carbocycles. The Bertz CT molecular complexity index is 814. The third-order valence-corrected chi connectivity index (χ3v) is 3.75. The van der Waals surface area contributed by atoms with Crippen molar-refractivity contribution in [3.8, 4) is 0 Å². The van der Waals surface area contributed by atoms with Gasteiger partial charge in [0.15, 0.2) is 10.8 Å². The largest absolute Gasteiger partial charge is 0.396 e. The van der Waals surface area contributed by atoms with Crippen LogP contribution in [0.1, 0.15) is 16.1 Å². The van der Waals surface area contributed by atoms with E-state index in [2.05, 4.69) is 15.5 Å². The number of hydrogen-bond acceptors (Lipinski definition) is 4. The van der Waals surface area contributed by atoms with Gasteiger partial charge < -0.3 is 5.73 Å². The van der Waals surface area contributed by atoms with Crippen molar-refractivity contribution in [1.29, 1.82) is 0 Å². The van der Waals surface area contributed by atoms with Crippen molar-refractivity contribution in [2.75, 3.05) is 5.73 Å². The van der Waals surface area contributed by atoms with Crippen molar-refractivity contribution in [3.63, 3.8) is 0 Å². The standard InChI is InChI=1S/C13H7Cl3F2N4O/c14-8-10(19)9(15)12(16)21-11(8)13(23)22-20-4-5-1-2-6(17)3-7(5)18/h1-4H,(H2,19,21)(H,22,23). The second-order valence-corrected chi connectivity index (χ2v) is 5.27. The van der Waals surface area contributed by atoms with E-state index in [0.29, 0.717) is 6.07 Å². The molecule has 1 amide bonds. The average molecular weight is 380 g/mol. The van der Waals surface area contributed by atoms with Crippen molar-refractivity contribution in [1.82, 2.24) is 10.4 Å². The molecule has 120 valence electrons. The molecule has 0 atom stereocenters. The van der Waals surface area contributed by atoms with Gasteiger partial charge in [-0.05, 0) is 12.1 Å². The molecular formula is C13H7Cl3F2N4O. The van der Waals surface area contributed by atoms with E-state index in [4.69, 9.17) is 40.5 Å². The fraction of sp³-hybridized carbons (Fsp3) is 0. The number of hydrazone groups is 1. The Morgan fingerprint density at radius 3 is 2.61 bits per heavy atom. The van der Waals surface area contributed by atoms with Crippen LogP contribution in [0.4, 0.5) is 14.5 Å². The van der Waals surface area contributed by atoms with Crippen LogP contribution in [0.25, 0.3) is 0 Å². The summed E-state index contributed by atoms with van der Waals surface area (Å²) >= 11 is 17.3. The molecule has 0 unspecified atom stereocenters. The van der Waals surface area contributed by atoms with Crippen molar-refractivity contribution < 1.29 is 13.6 Å². The number of aromatic nitrogens is 1. The number of rotatable bonds is 3. The summed E-state index contributed by atoms with van der Waals surface area (Å²) in [4.78, 5) is 15.6. The minimum absolute atomic E-state index is 0.0283. The van der Waals surface area contributed by atoms with Crippen LogP contribution in [0.15, 0.2) is 23.3 Å². The highest BCUT2D eigenvalue weighted by Gasteiger charge is 2.19. The number of nitrogens with one attached hydrogen (secondary N) is 1. The molecule has 0 spiro atoms. The molecule has 0 radical (unpaired) electrons. The van der Waals surface area contributed by atoms with Gasteiger partial charge in [-0.1, -0.05) is 34.8 Å². The number of nitrogen functional groups attached to an aromatic ring is 1. The Labute approximate surface area is 144 Å². The Morgan fingerprint density at radius 2 is 1.96 bits per heavy atom. The predicted molar refractivity (Wildman–Crippen MR) is 85.1 cm³/mol. The molecule has 1 heterocycles. The van der Waals surface area contributed by atoms with Crippen LogP contribution in [0.5, 0.6) is 0 Å². The quantitative estimate of drug-likeness (QED) is 0.485. The molecule has 23 heavy (non-hydrogen) atoms. The number of halogens is 5. The lowest BCUT2D eigenvalue weighted by Gasteiger charge is -2.07. The summed E-state index contributed by atoms with van der Waals surface area (Å²) in [6.45, 7) is 0. The highest BCUT2D eigenvalue weighted by atomic mass is 35.5. The minimum Gasteiger partial charge on any atom is -0.396 e. The van der Waals surface area contributed by atoms with E-state index >= 15 is 0 Å². The van der Waals surface area contributed by atoms with Gasteiger partial charge in [-0.15, -0.1) is 0 Å². The van der Waals surface area contributed by atoms with E-state index in [9.17, 15) is 13.6 Å². The molecule has 1 aromatic carbocycles. The summed E-state index contributed by atoms with van der Waals surface area (Å²) in [6.07, 6.45) is 0.988. The van der Waals surface area contributed by atoms with Gasteiger partial charge in [0.25, 0.3) is 5.91 Å². The fourth-order valence-corrected chi connectivity index (χ4v) is 2.10. The summed E-state index contributed by atoms with van der Waals surface area (Å²) in [5.41, 5.74) is 7.22. The summed E-state index contributed by atoms with van der Waals surface area (Å²) in [5.74, 6) is -2.40. The van der Waals surface area contributed by atoms with Crippen LogP contribution in [-0.4, -0.2) is 17.1 Å². The van der Waals surface area contributed by atoms with E-state index < -0.39 is 17.5 Å². The Kier molecular flexibility index (Phi) is 5.35. The zero-order valence-electron chi connectivity index (χ0n) is 11.1. The van der Waals surface area contributed by atoms with Crippen LogP contribution < -0.4 is 11.2 Å². The first-order valence-electron chi connectivity index (χ1n) is 5.89. The third kappa shape index (κ3) is 3.87. The molecule has 1 aromatic heterocycles. The second-order valence-electron chi connectivity index (χ2n) is 4.16. The fourth-order valence-electron chi connectivity index (χ4n) is 1.50. The van der Waals surface area contributed by atoms with Crippen LogP contribution in [0, 0.1) is 11.6 Å². The first kappa shape index (κ1) is 17.4. The Balaban J connectivity index is 2.18. The molecule has 10 heteroatoms. The van der Waals surface area contributed by atoms with Crippen LogP contribution in [-0.2, 0) is 0 Å².